The summed E-state index contributed by atoms with van der Waals surface area (Å²) in [6.07, 6.45) is 1.67. The number of fused-ring (bicyclic) bond motifs is 1. The van der Waals surface area contributed by atoms with Gasteiger partial charge in [0.25, 0.3) is 0 Å². The molecule has 0 spiro atoms. The summed E-state index contributed by atoms with van der Waals surface area (Å²) in [7, 11) is 0. The molecule has 1 N–H and O–H groups in total. The van der Waals surface area contributed by atoms with Crippen molar-refractivity contribution in [3.63, 3.8) is 0 Å². The van der Waals surface area contributed by atoms with E-state index in [0.717, 1.165) is 30.9 Å². The van der Waals surface area contributed by atoms with Crippen LogP contribution in [0.3, 0.4) is 0 Å². The Kier molecular flexibility index (Phi) is 5.18. The van der Waals surface area contributed by atoms with Crippen LogP contribution in [0.15, 0.2) is 16.5 Å². The highest BCUT2D eigenvalue weighted by Gasteiger charge is 2.45. The van der Waals surface area contributed by atoms with Crippen molar-refractivity contribution in [1.82, 2.24) is 15.1 Å². The third-order valence-electron chi connectivity index (χ3n) is 5.13. The first-order valence-corrected chi connectivity index (χ1v) is 9.20. The van der Waals surface area contributed by atoms with Crippen LogP contribution in [0.1, 0.15) is 45.1 Å². The first-order valence-electron chi connectivity index (χ1n) is 9.20. The monoisotopic (exact) mass is 347 g/mol. The fourth-order valence-corrected chi connectivity index (χ4v) is 4.14. The molecule has 0 aromatic carbocycles. The summed E-state index contributed by atoms with van der Waals surface area (Å²) in [6.45, 7) is 9.90. The van der Waals surface area contributed by atoms with E-state index in [1.807, 2.05) is 24.0 Å². The lowest BCUT2D eigenvalue weighted by Crippen LogP contribution is -2.59. The number of nitrogens with one attached hydrogen (secondary N) is 1. The van der Waals surface area contributed by atoms with Gasteiger partial charge in [0.2, 0.25) is 11.8 Å². The fourth-order valence-electron chi connectivity index (χ4n) is 4.14. The van der Waals surface area contributed by atoms with Gasteiger partial charge < -0.3 is 14.6 Å². The Morgan fingerprint density at radius 2 is 2.12 bits per heavy atom. The summed E-state index contributed by atoms with van der Waals surface area (Å²) >= 11 is 0. The molecular formula is C19H29N3O3. The lowest BCUT2D eigenvalue weighted by molar-refractivity contribution is -0.145. The Balaban J connectivity index is 1.76. The normalized spacial score (nSPS) is 27.0. The lowest BCUT2D eigenvalue weighted by Gasteiger charge is -2.43. The van der Waals surface area contributed by atoms with Gasteiger partial charge in [-0.3, -0.25) is 14.5 Å². The molecule has 1 aromatic rings. The molecule has 2 saturated heterocycles. The number of hydrogen-bond acceptors (Lipinski definition) is 4. The Morgan fingerprint density at radius 1 is 1.36 bits per heavy atom. The highest BCUT2D eigenvalue weighted by Crippen LogP contribution is 2.30. The molecule has 3 heterocycles. The molecule has 138 valence electrons. The second kappa shape index (κ2) is 7.20. The van der Waals surface area contributed by atoms with Crippen LogP contribution in [-0.4, -0.2) is 52.8 Å². The maximum absolute atomic E-state index is 13.1. The van der Waals surface area contributed by atoms with Crippen molar-refractivity contribution in [2.24, 2.45) is 5.92 Å². The zero-order valence-electron chi connectivity index (χ0n) is 15.6. The van der Waals surface area contributed by atoms with Gasteiger partial charge in [0.05, 0.1) is 12.6 Å². The quantitative estimate of drug-likeness (QED) is 0.884. The molecule has 2 amide bonds. The van der Waals surface area contributed by atoms with Crippen LogP contribution in [0.4, 0.5) is 0 Å². The van der Waals surface area contributed by atoms with Crippen LogP contribution in [0.2, 0.25) is 0 Å². The van der Waals surface area contributed by atoms with Gasteiger partial charge >= 0.3 is 0 Å². The molecule has 0 aliphatic carbocycles. The van der Waals surface area contributed by atoms with Gasteiger partial charge in [-0.25, -0.2) is 0 Å². The van der Waals surface area contributed by atoms with Gasteiger partial charge in [-0.05, 0) is 37.8 Å². The van der Waals surface area contributed by atoms with Crippen molar-refractivity contribution < 1.29 is 14.0 Å². The van der Waals surface area contributed by atoms with E-state index in [4.69, 9.17) is 4.42 Å². The Bertz CT molecular complexity index is 640. The van der Waals surface area contributed by atoms with Crippen LogP contribution in [0.25, 0.3) is 0 Å². The minimum Gasteiger partial charge on any atom is -0.465 e. The lowest BCUT2D eigenvalue weighted by atomic mass is 9.97. The number of amides is 2. The van der Waals surface area contributed by atoms with Crippen molar-refractivity contribution in [2.75, 3.05) is 13.1 Å². The minimum atomic E-state index is -0.113. The highest BCUT2D eigenvalue weighted by atomic mass is 16.3. The van der Waals surface area contributed by atoms with E-state index >= 15 is 0 Å². The van der Waals surface area contributed by atoms with Crippen molar-refractivity contribution in [1.29, 1.82) is 0 Å². The standard InChI is InChI=1S/C19H29N3O3/c1-12(2)7-18-19(24)22-9-15(20-14(4)23)8-16(22)10-21(18)11-17-6-5-13(3)25-17/h5-6,12,15-16,18H,7-11H2,1-4H3,(H,20,23). The number of carbonyl (C=O) groups excluding carboxylic acids is 2. The van der Waals surface area contributed by atoms with Crippen LogP contribution >= 0.6 is 0 Å². The molecular weight excluding hydrogens is 318 g/mol. The van der Waals surface area contributed by atoms with E-state index in [1.165, 1.54) is 6.92 Å². The maximum atomic E-state index is 13.1. The number of carbonyl (C=O) groups is 2. The largest absolute Gasteiger partial charge is 0.465 e. The summed E-state index contributed by atoms with van der Waals surface area (Å²) < 4.78 is 5.74. The zero-order valence-corrected chi connectivity index (χ0v) is 15.6. The molecule has 0 radical (unpaired) electrons. The van der Waals surface area contributed by atoms with Crippen LogP contribution < -0.4 is 5.32 Å². The molecule has 3 unspecified atom stereocenters. The molecule has 2 fully saturated rings. The average Bonchev–Trinajstić information content (AvgIpc) is 3.08. The predicted molar refractivity (Wildman–Crippen MR) is 94.8 cm³/mol. The van der Waals surface area contributed by atoms with E-state index in [1.54, 1.807) is 0 Å². The van der Waals surface area contributed by atoms with Gasteiger partial charge in [-0.15, -0.1) is 0 Å². The van der Waals surface area contributed by atoms with E-state index in [9.17, 15) is 9.59 Å². The van der Waals surface area contributed by atoms with Gasteiger partial charge in [0, 0.05) is 32.1 Å². The van der Waals surface area contributed by atoms with Crippen molar-refractivity contribution in [3.8, 4) is 0 Å². The first-order chi connectivity index (χ1) is 11.8. The Labute approximate surface area is 149 Å². The van der Waals surface area contributed by atoms with Crippen LogP contribution in [-0.2, 0) is 16.1 Å². The summed E-state index contributed by atoms with van der Waals surface area (Å²) in [5.41, 5.74) is 0. The molecule has 1 aromatic heterocycles. The highest BCUT2D eigenvalue weighted by molar-refractivity contribution is 5.83. The van der Waals surface area contributed by atoms with Crippen LogP contribution in [0, 0.1) is 12.8 Å². The van der Waals surface area contributed by atoms with Gasteiger partial charge in [-0.1, -0.05) is 13.8 Å². The second-order valence-electron chi connectivity index (χ2n) is 7.86. The van der Waals surface area contributed by atoms with Crippen LogP contribution in [0.5, 0.6) is 0 Å². The number of piperazine rings is 1. The number of aryl methyl sites for hydroxylation is 1. The topological polar surface area (TPSA) is 65.8 Å². The predicted octanol–water partition coefficient (Wildman–Crippen LogP) is 1.92. The van der Waals surface area contributed by atoms with E-state index in [2.05, 4.69) is 24.1 Å². The van der Waals surface area contributed by atoms with Crippen molar-refractivity contribution in [2.45, 2.75) is 65.2 Å². The first kappa shape index (κ1) is 18.0. The number of nitrogens with zero attached hydrogens (tertiary/aromatic N) is 2. The molecule has 3 atom stereocenters. The van der Waals surface area contributed by atoms with E-state index in [-0.39, 0.29) is 29.9 Å². The van der Waals surface area contributed by atoms with E-state index in [0.29, 0.717) is 19.0 Å². The summed E-state index contributed by atoms with van der Waals surface area (Å²) in [6, 6.07) is 4.08. The van der Waals surface area contributed by atoms with E-state index < -0.39 is 0 Å². The fraction of sp³-hybridized carbons (Fsp3) is 0.684. The van der Waals surface area contributed by atoms with Crippen molar-refractivity contribution in [3.05, 3.63) is 23.7 Å². The SMILES string of the molecule is CC(=O)NC1CC2CN(Cc3ccc(C)o3)C(CC(C)C)C(=O)N2C1. The second-order valence-corrected chi connectivity index (χ2v) is 7.86. The molecule has 2 aliphatic rings. The van der Waals surface area contributed by atoms with Crippen molar-refractivity contribution >= 4 is 11.8 Å². The summed E-state index contributed by atoms with van der Waals surface area (Å²) in [5.74, 6) is 2.41. The number of hydrogen-bond donors (Lipinski definition) is 1. The number of rotatable bonds is 5. The molecule has 6 nitrogen and oxygen atoms in total. The zero-order chi connectivity index (χ0) is 18.1. The summed E-state index contributed by atoms with van der Waals surface area (Å²) in [4.78, 5) is 28.7. The van der Waals surface area contributed by atoms with Gasteiger partial charge in [-0.2, -0.15) is 0 Å². The maximum Gasteiger partial charge on any atom is 0.240 e. The molecule has 2 aliphatic heterocycles. The Morgan fingerprint density at radius 3 is 2.72 bits per heavy atom. The smallest absolute Gasteiger partial charge is 0.240 e. The minimum absolute atomic E-state index is 0.0288. The number of furan rings is 1. The van der Waals surface area contributed by atoms with Gasteiger partial charge in [0.1, 0.15) is 11.5 Å². The molecule has 0 bridgehead atoms. The average molecular weight is 347 g/mol. The third-order valence-corrected chi connectivity index (χ3v) is 5.13. The molecule has 6 heteroatoms. The molecule has 25 heavy (non-hydrogen) atoms. The molecule has 0 saturated carbocycles. The Hall–Kier alpha value is -1.82. The third kappa shape index (κ3) is 4.06. The van der Waals surface area contributed by atoms with Gasteiger partial charge in [0.15, 0.2) is 0 Å². The summed E-state index contributed by atoms with van der Waals surface area (Å²) in [5, 5.41) is 2.97. The molecule has 3 rings (SSSR count).